The first-order valence-corrected chi connectivity index (χ1v) is 5.93. The van der Waals surface area contributed by atoms with Crippen LogP contribution in [0.15, 0.2) is 42.5 Å². The largest absolute Gasteiger partial charge is 0.573 e. The number of benzene rings is 2. The van der Waals surface area contributed by atoms with Gasteiger partial charge in [0, 0.05) is 5.56 Å². The van der Waals surface area contributed by atoms with E-state index in [1.54, 1.807) is 12.1 Å². The van der Waals surface area contributed by atoms with Gasteiger partial charge in [0.25, 0.3) is 0 Å². The number of carbonyl (C=O) groups excluding carboxylic acids is 1. The molecule has 0 aliphatic rings. The molecule has 0 radical (unpaired) electrons. The van der Waals surface area contributed by atoms with Crippen LogP contribution < -0.4 is 9.47 Å². The maximum atomic E-state index is 12.4. The fourth-order valence-electron chi connectivity index (χ4n) is 1.91. The minimum absolute atomic E-state index is 0.237. The fourth-order valence-corrected chi connectivity index (χ4v) is 1.91. The summed E-state index contributed by atoms with van der Waals surface area (Å²) in [5.74, 6) is 0.0231. The second-order valence-electron chi connectivity index (χ2n) is 4.12. The van der Waals surface area contributed by atoms with Gasteiger partial charge in [-0.15, -0.1) is 13.2 Å². The summed E-state index contributed by atoms with van der Waals surface area (Å²) in [6, 6.07) is 10.3. The summed E-state index contributed by atoms with van der Waals surface area (Å²) in [6.07, 6.45) is -4.20. The van der Waals surface area contributed by atoms with E-state index in [1.165, 1.54) is 37.4 Å². The van der Waals surface area contributed by atoms with Crippen molar-refractivity contribution in [2.45, 2.75) is 6.36 Å². The maximum absolute atomic E-state index is 12.4. The zero-order valence-electron chi connectivity index (χ0n) is 11.0. The Kier molecular flexibility index (Phi) is 4.16. The van der Waals surface area contributed by atoms with E-state index in [-0.39, 0.29) is 16.9 Å². The first kappa shape index (κ1) is 14.9. The van der Waals surface area contributed by atoms with Crippen molar-refractivity contribution in [3.05, 3.63) is 48.0 Å². The van der Waals surface area contributed by atoms with Gasteiger partial charge in [-0.1, -0.05) is 24.3 Å². The zero-order valence-corrected chi connectivity index (χ0v) is 11.0. The van der Waals surface area contributed by atoms with E-state index in [0.29, 0.717) is 17.6 Å². The molecule has 0 aromatic heterocycles. The molecule has 0 atom stereocenters. The van der Waals surface area contributed by atoms with Crippen LogP contribution in [-0.2, 0) is 0 Å². The Morgan fingerprint density at radius 3 is 2.38 bits per heavy atom. The van der Waals surface area contributed by atoms with Crippen molar-refractivity contribution in [1.82, 2.24) is 0 Å². The van der Waals surface area contributed by atoms with Crippen molar-refractivity contribution in [3.8, 4) is 22.6 Å². The number of halogens is 3. The number of ether oxygens (including phenoxy) is 2. The first-order chi connectivity index (χ1) is 9.94. The van der Waals surface area contributed by atoms with E-state index in [4.69, 9.17) is 4.74 Å². The van der Waals surface area contributed by atoms with Gasteiger partial charge in [0.15, 0.2) is 6.29 Å². The van der Waals surface area contributed by atoms with Gasteiger partial charge >= 0.3 is 6.36 Å². The van der Waals surface area contributed by atoms with Crippen molar-refractivity contribution in [2.75, 3.05) is 7.11 Å². The molecule has 0 bridgehead atoms. The third kappa shape index (κ3) is 3.53. The second-order valence-corrected chi connectivity index (χ2v) is 4.12. The van der Waals surface area contributed by atoms with Crippen LogP contribution in [0.25, 0.3) is 11.1 Å². The summed E-state index contributed by atoms with van der Waals surface area (Å²) < 4.78 is 46.2. The average molecular weight is 296 g/mol. The van der Waals surface area contributed by atoms with E-state index < -0.39 is 6.36 Å². The smallest absolute Gasteiger partial charge is 0.496 e. The molecule has 21 heavy (non-hydrogen) atoms. The van der Waals surface area contributed by atoms with Crippen molar-refractivity contribution < 1.29 is 27.4 Å². The highest BCUT2D eigenvalue weighted by Gasteiger charge is 2.32. The van der Waals surface area contributed by atoms with Crippen molar-refractivity contribution in [2.24, 2.45) is 0 Å². The SMILES string of the molecule is COc1ccc(-c2ccccc2OC(F)(F)F)cc1C=O. The molecule has 0 heterocycles. The molecule has 0 aliphatic carbocycles. The lowest BCUT2D eigenvalue weighted by atomic mass is 10.0. The van der Waals surface area contributed by atoms with Crippen LogP contribution in [0.2, 0.25) is 0 Å². The molecule has 6 heteroatoms. The van der Waals surface area contributed by atoms with Gasteiger partial charge in [-0.3, -0.25) is 4.79 Å². The van der Waals surface area contributed by atoms with Gasteiger partial charge in [-0.25, -0.2) is 0 Å². The Hall–Kier alpha value is -2.50. The molecule has 2 rings (SSSR count). The molecule has 0 saturated carbocycles. The maximum Gasteiger partial charge on any atom is 0.573 e. The van der Waals surface area contributed by atoms with Crippen LogP contribution in [0.5, 0.6) is 11.5 Å². The Labute approximate surface area is 118 Å². The fraction of sp³-hybridized carbons (Fsp3) is 0.133. The molecule has 0 saturated heterocycles. The number of alkyl halides is 3. The Morgan fingerprint density at radius 1 is 1.05 bits per heavy atom. The number of aldehydes is 1. The molecule has 110 valence electrons. The third-order valence-electron chi connectivity index (χ3n) is 2.78. The minimum atomic E-state index is -4.78. The molecular weight excluding hydrogens is 285 g/mol. The molecule has 2 aromatic carbocycles. The predicted molar refractivity (Wildman–Crippen MR) is 70.5 cm³/mol. The molecule has 0 aliphatic heterocycles. The van der Waals surface area contributed by atoms with Crippen LogP contribution in [0.1, 0.15) is 10.4 Å². The van der Waals surface area contributed by atoms with E-state index in [1.807, 2.05) is 0 Å². The second kappa shape index (κ2) is 5.87. The Bertz CT molecular complexity index is 651. The normalized spacial score (nSPS) is 11.0. The average Bonchev–Trinajstić information content (AvgIpc) is 2.45. The van der Waals surface area contributed by atoms with E-state index in [0.717, 1.165) is 0 Å². The topological polar surface area (TPSA) is 35.5 Å². The lowest BCUT2D eigenvalue weighted by Crippen LogP contribution is -2.17. The summed E-state index contributed by atoms with van der Waals surface area (Å²) in [4.78, 5) is 11.0. The number of carbonyl (C=O) groups is 1. The zero-order chi connectivity index (χ0) is 15.5. The standard InChI is InChI=1S/C15H11F3O3/c1-20-13-7-6-10(8-11(13)9-19)12-4-2-3-5-14(12)21-15(16,17)18/h2-9H,1H3. The summed E-state index contributed by atoms with van der Waals surface area (Å²) in [7, 11) is 1.41. The van der Waals surface area contributed by atoms with Crippen LogP contribution in [0.4, 0.5) is 13.2 Å². The Morgan fingerprint density at radius 2 is 1.76 bits per heavy atom. The Balaban J connectivity index is 2.49. The monoisotopic (exact) mass is 296 g/mol. The van der Waals surface area contributed by atoms with Gasteiger partial charge in [0.1, 0.15) is 11.5 Å². The van der Waals surface area contributed by atoms with Crippen molar-refractivity contribution in [3.63, 3.8) is 0 Å². The molecule has 0 fully saturated rings. The van der Waals surface area contributed by atoms with Crippen LogP contribution in [0, 0.1) is 0 Å². The van der Waals surface area contributed by atoms with Crippen molar-refractivity contribution >= 4 is 6.29 Å². The number of rotatable bonds is 4. The van der Waals surface area contributed by atoms with E-state index >= 15 is 0 Å². The van der Waals surface area contributed by atoms with Gasteiger partial charge in [-0.05, 0) is 23.8 Å². The minimum Gasteiger partial charge on any atom is -0.496 e. The van der Waals surface area contributed by atoms with Crippen LogP contribution >= 0.6 is 0 Å². The number of para-hydroxylation sites is 1. The molecular formula is C15H11F3O3. The van der Waals surface area contributed by atoms with Crippen LogP contribution in [-0.4, -0.2) is 19.8 Å². The van der Waals surface area contributed by atoms with E-state index in [2.05, 4.69) is 4.74 Å². The quantitative estimate of drug-likeness (QED) is 0.798. The predicted octanol–water partition coefficient (Wildman–Crippen LogP) is 4.07. The highest BCUT2D eigenvalue weighted by Crippen LogP contribution is 2.35. The summed E-state index contributed by atoms with van der Waals surface area (Å²) >= 11 is 0. The number of methoxy groups -OCH3 is 1. The van der Waals surface area contributed by atoms with Gasteiger partial charge in [0.2, 0.25) is 0 Å². The van der Waals surface area contributed by atoms with Crippen molar-refractivity contribution in [1.29, 1.82) is 0 Å². The molecule has 0 spiro atoms. The molecule has 0 unspecified atom stereocenters. The molecule has 0 amide bonds. The summed E-state index contributed by atoms with van der Waals surface area (Å²) in [5.41, 5.74) is 0.912. The van der Waals surface area contributed by atoms with Crippen LogP contribution in [0.3, 0.4) is 0 Å². The lowest BCUT2D eigenvalue weighted by Gasteiger charge is -2.14. The van der Waals surface area contributed by atoms with Gasteiger partial charge in [0.05, 0.1) is 12.7 Å². The number of hydrogen-bond donors (Lipinski definition) is 0. The highest BCUT2D eigenvalue weighted by molar-refractivity contribution is 5.84. The third-order valence-corrected chi connectivity index (χ3v) is 2.78. The summed E-state index contributed by atoms with van der Waals surface area (Å²) in [6.45, 7) is 0. The highest BCUT2D eigenvalue weighted by atomic mass is 19.4. The molecule has 3 nitrogen and oxygen atoms in total. The van der Waals surface area contributed by atoms with E-state index in [9.17, 15) is 18.0 Å². The van der Waals surface area contributed by atoms with Gasteiger partial charge in [-0.2, -0.15) is 0 Å². The lowest BCUT2D eigenvalue weighted by molar-refractivity contribution is -0.274. The number of hydrogen-bond acceptors (Lipinski definition) is 3. The van der Waals surface area contributed by atoms with Gasteiger partial charge < -0.3 is 9.47 Å². The summed E-state index contributed by atoms with van der Waals surface area (Å²) in [5, 5.41) is 0. The molecule has 0 N–H and O–H groups in total. The first-order valence-electron chi connectivity index (χ1n) is 5.93. The molecule has 2 aromatic rings.